The van der Waals surface area contributed by atoms with Crippen molar-refractivity contribution in [1.82, 2.24) is 0 Å². The molecule has 0 aromatic rings. The van der Waals surface area contributed by atoms with Crippen LogP contribution in [0.15, 0.2) is 23.6 Å². The first-order chi connectivity index (χ1) is 3.41. The van der Waals surface area contributed by atoms with Gasteiger partial charge in [-0.2, -0.15) is 0 Å². The molecule has 0 nitrogen and oxygen atoms in total. The third kappa shape index (κ3) is 5.70. The van der Waals surface area contributed by atoms with Crippen molar-refractivity contribution >= 4 is 9.52 Å². The van der Waals surface area contributed by atoms with Gasteiger partial charge in [0.1, 0.15) is 9.52 Å². The zero-order valence-corrected chi connectivity index (χ0v) is 5.81. The molecule has 0 N–H and O–H groups in total. The molecule has 7 heavy (non-hydrogen) atoms. The van der Waals surface area contributed by atoms with Gasteiger partial charge in [-0.15, -0.1) is 0 Å². The summed E-state index contributed by atoms with van der Waals surface area (Å²) in [6.45, 7) is 4.08. The van der Waals surface area contributed by atoms with E-state index in [0.717, 1.165) is 9.52 Å². The van der Waals surface area contributed by atoms with E-state index in [1.807, 2.05) is 13.8 Å². The van der Waals surface area contributed by atoms with E-state index < -0.39 is 0 Å². The van der Waals surface area contributed by atoms with Crippen LogP contribution in [-0.2, 0) is 0 Å². The van der Waals surface area contributed by atoms with Crippen LogP contribution in [0.3, 0.4) is 0 Å². The van der Waals surface area contributed by atoms with Crippen LogP contribution in [0.4, 0.5) is 0 Å². The van der Waals surface area contributed by atoms with Crippen LogP contribution in [0.25, 0.3) is 0 Å². The first-order valence-corrected chi connectivity index (χ1v) is 3.55. The van der Waals surface area contributed by atoms with Crippen molar-refractivity contribution in [3.63, 3.8) is 0 Å². The molecule has 0 heterocycles. The number of hydrogen-bond acceptors (Lipinski definition) is 0. The fourth-order valence-electron chi connectivity index (χ4n) is 0.248. The molecule has 0 aliphatic heterocycles. The second kappa shape index (κ2) is 5.70. The minimum absolute atomic E-state index is 0.871. The monoisotopic (exact) mass is 110 g/mol. The molecule has 2 radical (unpaired) electrons. The lowest BCUT2D eigenvalue weighted by Crippen LogP contribution is -1.72. The normalized spacial score (nSPS) is 11.7. The highest BCUT2D eigenvalue weighted by Crippen LogP contribution is 1.69. The van der Waals surface area contributed by atoms with Crippen molar-refractivity contribution in [3.8, 4) is 0 Å². The molecular formula is C6H10Si. The maximum absolute atomic E-state index is 2.15. The summed E-state index contributed by atoms with van der Waals surface area (Å²) >= 11 is 0. The van der Waals surface area contributed by atoms with E-state index in [-0.39, 0.29) is 0 Å². The molecule has 1 heteroatoms. The minimum Gasteiger partial charge on any atom is -0.0982 e. The summed E-state index contributed by atoms with van der Waals surface area (Å²) in [5.41, 5.74) is 4.31. The van der Waals surface area contributed by atoms with E-state index in [1.165, 1.54) is 0 Å². The lowest BCUT2D eigenvalue weighted by atomic mass is 10.8. The van der Waals surface area contributed by atoms with Gasteiger partial charge in [-0.25, -0.2) is 0 Å². The molecule has 0 bridgehead atoms. The Balaban J connectivity index is 2.98. The van der Waals surface area contributed by atoms with Crippen molar-refractivity contribution in [2.45, 2.75) is 13.8 Å². The van der Waals surface area contributed by atoms with Crippen LogP contribution >= 0.6 is 0 Å². The molecule has 0 aliphatic rings. The Morgan fingerprint density at radius 1 is 1.00 bits per heavy atom. The highest BCUT2D eigenvalue weighted by molar-refractivity contribution is 6.48. The van der Waals surface area contributed by atoms with Gasteiger partial charge >= 0.3 is 0 Å². The lowest BCUT2D eigenvalue weighted by Gasteiger charge is -1.70. The molecule has 0 spiro atoms. The molecule has 0 atom stereocenters. The van der Waals surface area contributed by atoms with Gasteiger partial charge in [0, 0.05) is 0 Å². The lowest BCUT2D eigenvalue weighted by molar-refractivity contribution is 1.76. The van der Waals surface area contributed by atoms with Crippen molar-refractivity contribution in [2.24, 2.45) is 0 Å². The second-order valence-corrected chi connectivity index (χ2v) is 2.17. The van der Waals surface area contributed by atoms with Gasteiger partial charge in [0.2, 0.25) is 0 Å². The van der Waals surface area contributed by atoms with Crippen LogP contribution in [0.5, 0.6) is 0 Å². The van der Waals surface area contributed by atoms with Gasteiger partial charge < -0.3 is 0 Å². The molecular weight excluding hydrogens is 100 g/mol. The Labute approximate surface area is 47.8 Å². The van der Waals surface area contributed by atoms with Gasteiger partial charge in [0.05, 0.1) is 0 Å². The Morgan fingerprint density at radius 3 is 1.71 bits per heavy atom. The van der Waals surface area contributed by atoms with Crippen molar-refractivity contribution in [2.75, 3.05) is 0 Å². The molecule has 0 aliphatic carbocycles. The first kappa shape index (κ1) is 6.70. The van der Waals surface area contributed by atoms with E-state index in [1.54, 1.807) is 0 Å². The topological polar surface area (TPSA) is 0 Å². The Morgan fingerprint density at radius 2 is 1.43 bits per heavy atom. The summed E-state index contributed by atoms with van der Waals surface area (Å²) in [5, 5.41) is 0. The predicted octanol–water partition coefficient (Wildman–Crippen LogP) is 1.76. The molecule has 0 saturated carbocycles. The van der Waals surface area contributed by atoms with Crippen molar-refractivity contribution < 1.29 is 0 Å². The van der Waals surface area contributed by atoms with Crippen LogP contribution in [-0.4, -0.2) is 9.52 Å². The van der Waals surface area contributed by atoms with E-state index in [9.17, 15) is 0 Å². The zero-order valence-electron chi connectivity index (χ0n) is 4.81. The smallest absolute Gasteiger partial charge is 0.0982 e. The zero-order chi connectivity index (χ0) is 5.54. The summed E-state index contributed by atoms with van der Waals surface area (Å²) in [6.07, 6.45) is 4.14. The highest BCUT2D eigenvalue weighted by Gasteiger charge is 1.64. The average molecular weight is 110 g/mol. The van der Waals surface area contributed by atoms with Crippen molar-refractivity contribution in [1.29, 1.82) is 0 Å². The molecule has 0 aromatic heterocycles. The highest BCUT2D eigenvalue weighted by atomic mass is 28.2. The number of allylic oxidation sites excluding steroid dienone is 2. The Kier molecular flexibility index (Phi) is 5.45. The fraction of sp³-hybridized carbons (Fsp3) is 0.333. The molecule has 0 unspecified atom stereocenters. The third-order valence-electron chi connectivity index (χ3n) is 0.526. The van der Waals surface area contributed by atoms with Gasteiger partial charge in [0.15, 0.2) is 0 Å². The first-order valence-electron chi connectivity index (χ1n) is 2.40. The SMILES string of the molecule is C/C=C\[Si]/C=C\C. The number of rotatable bonds is 2. The van der Waals surface area contributed by atoms with E-state index in [0.29, 0.717) is 0 Å². The van der Waals surface area contributed by atoms with Crippen LogP contribution in [0, 0.1) is 0 Å². The quantitative estimate of drug-likeness (QED) is 0.475. The summed E-state index contributed by atoms with van der Waals surface area (Å²) in [5.74, 6) is 0. The van der Waals surface area contributed by atoms with Gasteiger partial charge in [-0.1, -0.05) is 23.6 Å². The summed E-state index contributed by atoms with van der Waals surface area (Å²) < 4.78 is 0. The second-order valence-electron chi connectivity index (χ2n) is 1.17. The standard InChI is InChI=1S/C6H10Si/c1-3-5-7-6-4-2/h3-6H,1-2H3/b5-3-,6-4-. The average Bonchev–Trinajstić information content (AvgIpc) is 1.69. The molecule has 0 aromatic carbocycles. The van der Waals surface area contributed by atoms with Gasteiger partial charge in [0.25, 0.3) is 0 Å². The fourth-order valence-corrected chi connectivity index (χ4v) is 0.744. The summed E-state index contributed by atoms with van der Waals surface area (Å²) in [4.78, 5) is 0. The van der Waals surface area contributed by atoms with E-state index >= 15 is 0 Å². The Bertz CT molecular complexity index is 62.2. The molecule has 38 valence electrons. The van der Waals surface area contributed by atoms with Gasteiger partial charge in [-0.05, 0) is 13.8 Å². The molecule has 0 rings (SSSR count). The molecule has 0 amide bonds. The number of hydrogen-bond donors (Lipinski definition) is 0. The summed E-state index contributed by atoms with van der Waals surface area (Å²) in [7, 11) is 0.871. The predicted molar refractivity (Wildman–Crippen MR) is 35.4 cm³/mol. The molecule has 0 fully saturated rings. The third-order valence-corrected chi connectivity index (χ3v) is 1.58. The Hall–Kier alpha value is -0.303. The largest absolute Gasteiger partial charge is 0.100 e. The molecule has 0 saturated heterocycles. The minimum atomic E-state index is 0.871. The summed E-state index contributed by atoms with van der Waals surface area (Å²) in [6, 6.07) is 0. The maximum atomic E-state index is 2.15. The van der Waals surface area contributed by atoms with Crippen LogP contribution < -0.4 is 0 Å². The van der Waals surface area contributed by atoms with E-state index in [4.69, 9.17) is 0 Å². The maximum Gasteiger partial charge on any atom is 0.100 e. The van der Waals surface area contributed by atoms with Gasteiger partial charge in [-0.3, -0.25) is 0 Å². The van der Waals surface area contributed by atoms with Crippen LogP contribution in [0.2, 0.25) is 0 Å². The van der Waals surface area contributed by atoms with Crippen LogP contribution in [0.1, 0.15) is 13.8 Å². The van der Waals surface area contributed by atoms with Crippen molar-refractivity contribution in [3.05, 3.63) is 23.6 Å². The van der Waals surface area contributed by atoms with E-state index in [2.05, 4.69) is 23.6 Å².